The summed E-state index contributed by atoms with van der Waals surface area (Å²) in [5.41, 5.74) is 2.37. The molecule has 1 aliphatic rings. The highest BCUT2D eigenvalue weighted by Gasteiger charge is 2.35. The molecule has 178 valence electrons. The molecule has 3 aromatic rings. The van der Waals surface area contributed by atoms with Gasteiger partial charge in [0.1, 0.15) is 6.54 Å². The molecule has 0 bridgehead atoms. The second-order valence-electron chi connectivity index (χ2n) is 8.41. The van der Waals surface area contributed by atoms with E-state index in [9.17, 15) is 9.59 Å². The van der Waals surface area contributed by atoms with E-state index < -0.39 is 0 Å². The number of hydrogen-bond donors (Lipinski definition) is 0. The van der Waals surface area contributed by atoms with E-state index in [-0.39, 0.29) is 30.4 Å². The molecule has 1 aliphatic heterocycles. The summed E-state index contributed by atoms with van der Waals surface area (Å²) in [5, 5.41) is 3.59. The van der Waals surface area contributed by atoms with Gasteiger partial charge in [-0.1, -0.05) is 53.9 Å². The van der Waals surface area contributed by atoms with Crippen LogP contribution in [0.2, 0.25) is 15.1 Å². The molecule has 2 aromatic carbocycles. The van der Waals surface area contributed by atoms with Crippen LogP contribution < -0.4 is 0 Å². The average molecular weight is 536 g/mol. The van der Waals surface area contributed by atoms with Crippen molar-refractivity contribution in [2.75, 3.05) is 13.1 Å². The van der Waals surface area contributed by atoms with E-state index >= 15 is 0 Å². The quantitative estimate of drug-likeness (QED) is 0.337. The van der Waals surface area contributed by atoms with Crippen LogP contribution >= 0.6 is 46.1 Å². The van der Waals surface area contributed by atoms with Crippen molar-refractivity contribution < 1.29 is 9.59 Å². The van der Waals surface area contributed by atoms with E-state index in [0.29, 0.717) is 27.2 Å². The van der Waals surface area contributed by atoms with Crippen molar-refractivity contribution in [1.82, 2.24) is 9.80 Å². The minimum Gasteiger partial charge on any atom is -0.330 e. The molecule has 0 N–H and O–H groups in total. The summed E-state index contributed by atoms with van der Waals surface area (Å²) in [5.74, 6) is -0.331. The molecule has 2 amide bonds. The van der Waals surface area contributed by atoms with Gasteiger partial charge in [-0.15, -0.1) is 11.3 Å². The Bertz CT molecular complexity index is 1210. The molecular weight excluding hydrogens is 511 g/mol. The fraction of sp³-hybridized carbons (Fsp3) is 0.308. The minimum atomic E-state index is -0.327. The lowest BCUT2D eigenvalue weighted by Crippen LogP contribution is -2.49. The average Bonchev–Trinajstić information content (AvgIpc) is 3.30. The van der Waals surface area contributed by atoms with Crippen LogP contribution in [0.5, 0.6) is 0 Å². The van der Waals surface area contributed by atoms with Crippen LogP contribution in [0.4, 0.5) is 0 Å². The predicted octanol–water partition coefficient (Wildman–Crippen LogP) is 7.12. The molecule has 1 aromatic heterocycles. The highest BCUT2D eigenvalue weighted by molar-refractivity contribution is 7.10. The maximum absolute atomic E-state index is 13.8. The summed E-state index contributed by atoms with van der Waals surface area (Å²) in [6.07, 6.45) is 1.49. The Hall–Kier alpha value is -2.05. The molecule has 4 nitrogen and oxygen atoms in total. The van der Waals surface area contributed by atoms with Crippen LogP contribution in [0.1, 0.15) is 52.7 Å². The summed E-state index contributed by atoms with van der Waals surface area (Å²) in [4.78, 5) is 31.9. The number of fused-ring (bicyclic) bond motifs is 1. The van der Waals surface area contributed by atoms with E-state index in [2.05, 4.69) is 6.07 Å². The van der Waals surface area contributed by atoms with Crippen molar-refractivity contribution in [2.24, 2.45) is 0 Å². The van der Waals surface area contributed by atoms with Crippen LogP contribution in [0.3, 0.4) is 0 Å². The summed E-state index contributed by atoms with van der Waals surface area (Å²) in [6, 6.07) is 13.8. The topological polar surface area (TPSA) is 40.6 Å². The summed E-state index contributed by atoms with van der Waals surface area (Å²) < 4.78 is 0. The lowest BCUT2D eigenvalue weighted by molar-refractivity contribution is -0.134. The first-order chi connectivity index (χ1) is 16.3. The van der Waals surface area contributed by atoms with Gasteiger partial charge in [-0.25, -0.2) is 0 Å². The number of amides is 2. The molecule has 34 heavy (non-hydrogen) atoms. The van der Waals surface area contributed by atoms with Crippen LogP contribution in [-0.2, 0) is 11.2 Å². The van der Waals surface area contributed by atoms with E-state index in [1.807, 2.05) is 30.2 Å². The fourth-order valence-electron chi connectivity index (χ4n) is 4.32. The zero-order valence-electron chi connectivity index (χ0n) is 18.9. The second-order valence-corrected chi connectivity index (χ2v) is 10.7. The van der Waals surface area contributed by atoms with Gasteiger partial charge in [-0.05, 0) is 72.7 Å². The first kappa shape index (κ1) is 25.1. The predicted molar refractivity (Wildman–Crippen MR) is 140 cm³/mol. The van der Waals surface area contributed by atoms with Gasteiger partial charge in [0.05, 0.1) is 6.04 Å². The normalized spacial score (nSPS) is 16.1. The Morgan fingerprint density at radius 1 is 1.09 bits per heavy atom. The number of benzene rings is 2. The number of halogens is 3. The van der Waals surface area contributed by atoms with Crippen LogP contribution in [-0.4, -0.2) is 40.7 Å². The molecule has 0 radical (unpaired) electrons. The number of hydrogen-bond acceptors (Lipinski definition) is 3. The number of nitrogens with zero attached hydrogens (tertiary/aromatic N) is 2. The monoisotopic (exact) mass is 534 g/mol. The van der Waals surface area contributed by atoms with Gasteiger partial charge >= 0.3 is 0 Å². The van der Waals surface area contributed by atoms with Crippen LogP contribution in [0, 0.1) is 0 Å². The van der Waals surface area contributed by atoms with Gasteiger partial charge in [0.2, 0.25) is 5.91 Å². The van der Waals surface area contributed by atoms with Gasteiger partial charge in [0.25, 0.3) is 5.91 Å². The minimum absolute atomic E-state index is 0.0263. The second kappa shape index (κ2) is 10.7. The Labute approximate surface area is 219 Å². The Kier molecular flexibility index (Phi) is 7.88. The molecule has 2 heterocycles. The summed E-state index contributed by atoms with van der Waals surface area (Å²) in [7, 11) is 0. The zero-order valence-corrected chi connectivity index (χ0v) is 22.0. The zero-order chi connectivity index (χ0) is 24.4. The molecule has 0 fully saturated rings. The van der Waals surface area contributed by atoms with E-state index in [0.717, 1.165) is 24.0 Å². The van der Waals surface area contributed by atoms with Crippen molar-refractivity contribution in [1.29, 1.82) is 0 Å². The number of carbonyl (C=O) groups excluding carboxylic acids is 2. The third-order valence-electron chi connectivity index (χ3n) is 6.30. The first-order valence-electron chi connectivity index (χ1n) is 11.2. The highest BCUT2D eigenvalue weighted by Crippen LogP contribution is 2.41. The van der Waals surface area contributed by atoms with Gasteiger partial charge < -0.3 is 9.80 Å². The largest absolute Gasteiger partial charge is 0.330 e. The third kappa shape index (κ3) is 5.13. The fourth-order valence-corrected chi connectivity index (χ4v) is 5.92. The van der Waals surface area contributed by atoms with Crippen LogP contribution in [0.15, 0.2) is 53.9 Å². The first-order valence-corrected chi connectivity index (χ1v) is 13.2. The number of carbonyl (C=O) groups is 2. The van der Waals surface area contributed by atoms with Gasteiger partial charge in [0.15, 0.2) is 0 Å². The van der Waals surface area contributed by atoms with Crippen molar-refractivity contribution in [2.45, 2.75) is 38.8 Å². The number of thiophene rings is 1. The maximum Gasteiger partial charge on any atom is 0.254 e. The molecular formula is C26H25Cl3N2O2S. The Balaban J connectivity index is 1.67. The number of rotatable bonds is 6. The molecule has 0 spiro atoms. The molecule has 2 unspecified atom stereocenters. The van der Waals surface area contributed by atoms with E-state index in [1.54, 1.807) is 52.6 Å². The Morgan fingerprint density at radius 3 is 2.56 bits per heavy atom. The van der Waals surface area contributed by atoms with Crippen molar-refractivity contribution in [3.8, 4) is 0 Å². The summed E-state index contributed by atoms with van der Waals surface area (Å²) in [6.45, 7) is 4.48. The standard InChI is InChI=1S/C26H25Cl3N2O2S/c1-3-16(2)31(26(33)17-5-4-6-18(27)13-17)15-24(32)30-11-9-23-21(10-12-34-23)25(30)20-8-7-19(28)14-22(20)29/h4-8,10,12-14,16,25H,3,9,11,15H2,1-2H3. The molecule has 0 saturated carbocycles. The maximum atomic E-state index is 13.8. The molecule has 8 heteroatoms. The molecule has 2 atom stereocenters. The van der Waals surface area contributed by atoms with E-state index in [4.69, 9.17) is 34.8 Å². The smallest absolute Gasteiger partial charge is 0.254 e. The SMILES string of the molecule is CCC(C)N(CC(=O)N1CCc2sccc2C1c1ccc(Cl)cc1Cl)C(=O)c1cccc(Cl)c1. The lowest BCUT2D eigenvalue weighted by Gasteiger charge is -2.38. The Morgan fingerprint density at radius 2 is 1.85 bits per heavy atom. The van der Waals surface area contributed by atoms with Crippen molar-refractivity contribution in [3.63, 3.8) is 0 Å². The molecule has 4 rings (SSSR count). The highest BCUT2D eigenvalue weighted by atomic mass is 35.5. The van der Waals surface area contributed by atoms with E-state index in [1.165, 1.54) is 4.88 Å². The molecule has 0 saturated heterocycles. The van der Waals surface area contributed by atoms with Gasteiger partial charge in [-0.3, -0.25) is 9.59 Å². The van der Waals surface area contributed by atoms with Crippen molar-refractivity contribution in [3.05, 3.63) is 90.5 Å². The third-order valence-corrected chi connectivity index (χ3v) is 8.10. The van der Waals surface area contributed by atoms with Crippen LogP contribution in [0.25, 0.3) is 0 Å². The lowest BCUT2D eigenvalue weighted by atomic mass is 9.93. The van der Waals surface area contributed by atoms with Gasteiger partial charge in [-0.2, -0.15) is 0 Å². The molecule has 0 aliphatic carbocycles. The summed E-state index contributed by atoms with van der Waals surface area (Å²) >= 11 is 20.5. The van der Waals surface area contributed by atoms with Crippen molar-refractivity contribution >= 4 is 58.0 Å². The van der Waals surface area contributed by atoms with Gasteiger partial charge in [0, 0.05) is 38.1 Å².